The van der Waals surface area contributed by atoms with E-state index in [0.717, 1.165) is 42.1 Å². The van der Waals surface area contributed by atoms with Gasteiger partial charge in [0.15, 0.2) is 0 Å². The molecule has 128 valence electrons. The molecule has 0 radical (unpaired) electrons. The van der Waals surface area contributed by atoms with Gasteiger partial charge in [-0.3, -0.25) is 9.78 Å². The van der Waals surface area contributed by atoms with Gasteiger partial charge in [-0.05, 0) is 57.8 Å². The zero-order valence-electron chi connectivity index (χ0n) is 14.9. The lowest BCUT2D eigenvalue weighted by Gasteiger charge is -2.35. The number of hydrogen-bond acceptors (Lipinski definition) is 3. The molecular weight excluding hydrogens is 298 g/mol. The molecule has 1 aromatic heterocycles. The second kappa shape index (κ2) is 6.89. The Kier molecular flexibility index (Phi) is 4.86. The van der Waals surface area contributed by atoms with E-state index < -0.39 is 5.41 Å². The summed E-state index contributed by atoms with van der Waals surface area (Å²) in [5.74, 6) is 0.860. The quantitative estimate of drug-likeness (QED) is 0.926. The number of nitrogens with zero attached hydrogens (tertiary/aromatic N) is 2. The summed E-state index contributed by atoms with van der Waals surface area (Å²) in [5.41, 5.74) is 1.20. The number of anilines is 1. The highest BCUT2D eigenvalue weighted by Crippen LogP contribution is 2.26. The van der Waals surface area contributed by atoms with Crippen LogP contribution in [0, 0.1) is 11.3 Å². The maximum atomic E-state index is 12.9. The number of carbonyl (C=O) groups is 1. The molecule has 1 amide bonds. The molecule has 24 heavy (non-hydrogen) atoms. The molecule has 1 aliphatic rings. The van der Waals surface area contributed by atoms with E-state index in [9.17, 15) is 4.79 Å². The molecule has 0 spiro atoms. The third-order valence-electron chi connectivity index (χ3n) is 4.99. The molecule has 3 rings (SSSR count). The fraction of sp³-hybridized carbons (Fsp3) is 0.500. The monoisotopic (exact) mass is 325 g/mol. The molecule has 4 heteroatoms. The SMILES string of the molecule is CC1CCN(CC(C)(C)C(=O)Nc2cccc3cccnc23)CC1. The number of hydrogen-bond donors (Lipinski definition) is 1. The van der Waals surface area contributed by atoms with E-state index in [1.165, 1.54) is 12.8 Å². The minimum atomic E-state index is -0.433. The van der Waals surface area contributed by atoms with Crippen molar-refractivity contribution in [3.63, 3.8) is 0 Å². The summed E-state index contributed by atoms with van der Waals surface area (Å²) < 4.78 is 0. The van der Waals surface area contributed by atoms with Crippen LogP contribution in [0.1, 0.15) is 33.6 Å². The molecule has 0 saturated carbocycles. The highest BCUT2D eigenvalue weighted by molar-refractivity contribution is 6.02. The number of para-hydroxylation sites is 1. The van der Waals surface area contributed by atoms with E-state index in [-0.39, 0.29) is 5.91 Å². The maximum Gasteiger partial charge on any atom is 0.231 e. The van der Waals surface area contributed by atoms with Gasteiger partial charge in [-0.1, -0.05) is 25.1 Å². The standard InChI is InChI=1S/C20H27N3O/c1-15-9-12-23(13-10-15)14-20(2,3)19(24)22-17-8-4-6-16-7-5-11-21-18(16)17/h4-8,11,15H,9-10,12-14H2,1-3H3,(H,22,24). The molecule has 2 heterocycles. The molecule has 1 N–H and O–H groups in total. The summed E-state index contributed by atoms with van der Waals surface area (Å²) in [4.78, 5) is 19.7. The van der Waals surface area contributed by atoms with Crippen LogP contribution in [0.5, 0.6) is 0 Å². The molecule has 1 fully saturated rings. The zero-order valence-corrected chi connectivity index (χ0v) is 14.9. The van der Waals surface area contributed by atoms with E-state index in [1.807, 2.05) is 44.2 Å². The van der Waals surface area contributed by atoms with E-state index in [4.69, 9.17) is 0 Å². The topological polar surface area (TPSA) is 45.2 Å². The molecule has 1 aromatic carbocycles. The third-order valence-corrected chi connectivity index (χ3v) is 4.99. The minimum absolute atomic E-state index is 0.0549. The van der Waals surface area contributed by atoms with Crippen LogP contribution >= 0.6 is 0 Å². The van der Waals surface area contributed by atoms with Gasteiger partial charge in [-0.15, -0.1) is 0 Å². The summed E-state index contributed by atoms with van der Waals surface area (Å²) in [7, 11) is 0. The average molecular weight is 325 g/mol. The summed E-state index contributed by atoms with van der Waals surface area (Å²) >= 11 is 0. The molecule has 1 saturated heterocycles. The van der Waals surface area contributed by atoms with E-state index in [0.29, 0.717) is 0 Å². The van der Waals surface area contributed by atoms with Crippen LogP contribution in [0.4, 0.5) is 5.69 Å². The zero-order chi connectivity index (χ0) is 17.2. The van der Waals surface area contributed by atoms with Gasteiger partial charge in [-0.2, -0.15) is 0 Å². The number of fused-ring (bicyclic) bond motifs is 1. The number of aromatic nitrogens is 1. The first-order valence-electron chi connectivity index (χ1n) is 8.83. The largest absolute Gasteiger partial charge is 0.324 e. The Morgan fingerprint density at radius 2 is 1.96 bits per heavy atom. The lowest BCUT2D eigenvalue weighted by atomic mass is 9.89. The van der Waals surface area contributed by atoms with Gasteiger partial charge in [0.2, 0.25) is 5.91 Å². The Morgan fingerprint density at radius 3 is 2.71 bits per heavy atom. The maximum absolute atomic E-state index is 12.9. The number of amides is 1. The van der Waals surface area contributed by atoms with Gasteiger partial charge in [0, 0.05) is 18.1 Å². The highest BCUT2D eigenvalue weighted by atomic mass is 16.2. The normalized spacial score (nSPS) is 17.1. The second-order valence-electron chi connectivity index (χ2n) is 7.68. The third kappa shape index (κ3) is 3.75. The Morgan fingerprint density at radius 1 is 1.25 bits per heavy atom. The van der Waals surface area contributed by atoms with Crippen molar-refractivity contribution >= 4 is 22.5 Å². The van der Waals surface area contributed by atoms with Crippen molar-refractivity contribution in [1.29, 1.82) is 0 Å². The number of pyridine rings is 1. The number of piperidine rings is 1. The first-order chi connectivity index (χ1) is 11.5. The Hall–Kier alpha value is -1.94. The van der Waals surface area contributed by atoms with Gasteiger partial charge < -0.3 is 10.2 Å². The number of benzene rings is 1. The number of rotatable bonds is 4. The van der Waals surface area contributed by atoms with E-state index in [2.05, 4.69) is 22.1 Å². The van der Waals surface area contributed by atoms with Crippen molar-refractivity contribution in [2.75, 3.05) is 25.0 Å². The lowest BCUT2D eigenvalue weighted by molar-refractivity contribution is -0.125. The highest BCUT2D eigenvalue weighted by Gasteiger charge is 2.31. The second-order valence-corrected chi connectivity index (χ2v) is 7.68. The van der Waals surface area contributed by atoms with Gasteiger partial charge in [-0.25, -0.2) is 0 Å². The molecule has 0 atom stereocenters. The Labute approximate surface area is 144 Å². The lowest BCUT2D eigenvalue weighted by Crippen LogP contribution is -2.44. The van der Waals surface area contributed by atoms with Gasteiger partial charge in [0.1, 0.15) is 0 Å². The molecule has 0 aliphatic carbocycles. The molecule has 0 bridgehead atoms. The van der Waals surface area contributed by atoms with Crippen LogP contribution in [0.3, 0.4) is 0 Å². The van der Waals surface area contributed by atoms with Crippen LogP contribution in [0.25, 0.3) is 10.9 Å². The van der Waals surface area contributed by atoms with Crippen LogP contribution in [-0.2, 0) is 4.79 Å². The van der Waals surface area contributed by atoms with Crippen LogP contribution < -0.4 is 5.32 Å². The fourth-order valence-corrected chi connectivity index (χ4v) is 3.35. The van der Waals surface area contributed by atoms with E-state index in [1.54, 1.807) is 6.20 Å². The van der Waals surface area contributed by atoms with Crippen molar-refractivity contribution in [2.24, 2.45) is 11.3 Å². The fourth-order valence-electron chi connectivity index (χ4n) is 3.35. The van der Waals surface area contributed by atoms with Crippen molar-refractivity contribution < 1.29 is 4.79 Å². The van der Waals surface area contributed by atoms with Crippen LogP contribution in [-0.4, -0.2) is 35.4 Å². The van der Waals surface area contributed by atoms with Crippen molar-refractivity contribution in [1.82, 2.24) is 9.88 Å². The first-order valence-corrected chi connectivity index (χ1v) is 8.83. The van der Waals surface area contributed by atoms with Gasteiger partial charge in [0.05, 0.1) is 16.6 Å². The van der Waals surface area contributed by atoms with Gasteiger partial charge >= 0.3 is 0 Å². The van der Waals surface area contributed by atoms with Crippen molar-refractivity contribution in [3.8, 4) is 0 Å². The first kappa shape index (κ1) is 16.9. The minimum Gasteiger partial charge on any atom is -0.324 e. The van der Waals surface area contributed by atoms with Crippen LogP contribution in [0.2, 0.25) is 0 Å². The predicted octanol–water partition coefficient (Wildman–Crippen LogP) is 3.93. The summed E-state index contributed by atoms with van der Waals surface area (Å²) in [6.07, 6.45) is 4.22. The number of carbonyl (C=O) groups excluding carboxylic acids is 1. The molecular formula is C20H27N3O. The smallest absolute Gasteiger partial charge is 0.231 e. The number of nitrogens with one attached hydrogen (secondary N) is 1. The summed E-state index contributed by atoms with van der Waals surface area (Å²) in [6.45, 7) is 9.34. The van der Waals surface area contributed by atoms with Gasteiger partial charge in [0.25, 0.3) is 0 Å². The molecule has 0 unspecified atom stereocenters. The summed E-state index contributed by atoms with van der Waals surface area (Å²) in [5, 5.41) is 4.14. The van der Waals surface area contributed by atoms with Crippen molar-refractivity contribution in [3.05, 3.63) is 36.5 Å². The molecule has 2 aromatic rings. The predicted molar refractivity (Wildman–Crippen MR) is 99.0 cm³/mol. The molecule has 1 aliphatic heterocycles. The average Bonchev–Trinajstić information content (AvgIpc) is 2.57. The summed E-state index contributed by atoms with van der Waals surface area (Å²) in [6, 6.07) is 9.82. The Bertz CT molecular complexity index is 712. The van der Waals surface area contributed by atoms with Crippen molar-refractivity contribution in [2.45, 2.75) is 33.6 Å². The Balaban J connectivity index is 1.70. The van der Waals surface area contributed by atoms with E-state index >= 15 is 0 Å². The molecule has 4 nitrogen and oxygen atoms in total. The van der Waals surface area contributed by atoms with Crippen LogP contribution in [0.15, 0.2) is 36.5 Å². The number of likely N-dealkylation sites (tertiary alicyclic amines) is 1.